The zero-order valence-electron chi connectivity index (χ0n) is 29.4. The number of para-hydroxylation sites is 2. The van der Waals surface area contributed by atoms with Gasteiger partial charge in [0.15, 0.2) is 0 Å². The minimum absolute atomic E-state index is 0.0310. The molecular formula is C44H51NO4. The van der Waals surface area contributed by atoms with Crippen molar-refractivity contribution < 1.29 is 19.1 Å². The van der Waals surface area contributed by atoms with Crippen LogP contribution in [-0.4, -0.2) is 18.0 Å². The Labute approximate surface area is 292 Å². The molecule has 1 saturated carbocycles. The van der Waals surface area contributed by atoms with Crippen LogP contribution in [0.4, 0.5) is 5.69 Å². The van der Waals surface area contributed by atoms with Crippen molar-refractivity contribution in [1.82, 2.24) is 0 Å². The molecule has 1 atom stereocenters. The summed E-state index contributed by atoms with van der Waals surface area (Å²) in [4.78, 5) is 27.0. The Morgan fingerprint density at radius 3 is 2.14 bits per heavy atom. The van der Waals surface area contributed by atoms with E-state index in [1.54, 1.807) is 0 Å². The van der Waals surface area contributed by atoms with Gasteiger partial charge in [-0.3, -0.25) is 4.79 Å². The van der Waals surface area contributed by atoms with Crippen LogP contribution in [0.1, 0.15) is 124 Å². The fraction of sp³-hybridized carbons (Fsp3) is 0.409. The van der Waals surface area contributed by atoms with E-state index < -0.39 is 0 Å². The number of esters is 1. The number of fused-ring (bicyclic) bond motifs is 2. The molecule has 1 aliphatic carbocycles. The predicted molar refractivity (Wildman–Crippen MR) is 198 cm³/mol. The Hall–Kier alpha value is -4.38. The van der Waals surface area contributed by atoms with Crippen molar-refractivity contribution in [2.24, 2.45) is 5.92 Å². The number of anilines is 1. The number of benzene rings is 4. The average Bonchev–Trinajstić information content (AvgIpc) is 3.10. The maximum absolute atomic E-state index is 13.9. The number of aryl methyl sites for hydroxylation is 1. The van der Waals surface area contributed by atoms with E-state index in [0.717, 1.165) is 71.0 Å². The molecule has 2 aliphatic rings. The molecule has 0 aromatic heterocycles. The van der Waals surface area contributed by atoms with E-state index in [9.17, 15) is 9.59 Å². The smallest absolute Gasteiger partial charge is 0.338 e. The van der Waals surface area contributed by atoms with Gasteiger partial charge in [-0.25, -0.2) is 4.79 Å². The van der Waals surface area contributed by atoms with Crippen molar-refractivity contribution >= 4 is 17.6 Å². The average molecular weight is 658 g/mol. The summed E-state index contributed by atoms with van der Waals surface area (Å²) in [6.45, 7) is 6.52. The number of carbonyl (C=O) groups is 2. The first kappa shape index (κ1) is 34.5. The Bertz CT molecular complexity index is 1670. The van der Waals surface area contributed by atoms with E-state index >= 15 is 0 Å². The Morgan fingerprint density at radius 2 is 1.47 bits per heavy atom. The molecule has 1 unspecified atom stereocenters. The Kier molecular flexibility index (Phi) is 11.2. The summed E-state index contributed by atoms with van der Waals surface area (Å²) in [5.41, 5.74) is 5.55. The number of hydrogen-bond donors (Lipinski definition) is 1. The van der Waals surface area contributed by atoms with E-state index in [1.807, 2.05) is 66.7 Å². The molecule has 1 heterocycles. The quantitative estimate of drug-likeness (QED) is 0.154. The number of ether oxygens (including phenoxy) is 2. The molecule has 0 radical (unpaired) electrons. The topological polar surface area (TPSA) is 64.6 Å². The van der Waals surface area contributed by atoms with Crippen LogP contribution in [0, 0.1) is 5.92 Å². The molecule has 6 rings (SSSR count). The first-order valence-electron chi connectivity index (χ1n) is 18.3. The molecule has 0 saturated heterocycles. The fourth-order valence-electron chi connectivity index (χ4n) is 7.61. The van der Waals surface area contributed by atoms with Crippen LogP contribution in [0.25, 0.3) is 0 Å². The molecule has 1 N–H and O–H groups in total. The van der Waals surface area contributed by atoms with Crippen molar-refractivity contribution in [2.45, 2.75) is 109 Å². The third-order valence-electron chi connectivity index (χ3n) is 10.3. The molecule has 1 amide bonds. The summed E-state index contributed by atoms with van der Waals surface area (Å²) in [5.74, 6) is 2.02. The standard InChI is InChI=1S/C44H51NO4/c1-44(2,3)38-28-26-32(25-27-34(20-14-17-31-15-6-4-7-16-31)48-43(47)33-18-8-5-9-19-33)29-39(38)45-42(46)30-37-35-21-10-12-23-40(35)49-41-24-13-11-22-36(37)41/h5,8-13,18-19,21-24,26,28-29,31,34,37H,4,6-7,14-17,20,25,27,30H2,1-3H3,(H,45,46). The highest BCUT2D eigenvalue weighted by Crippen LogP contribution is 2.45. The SMILES string of the molecule is CC(C)(C)c1ccc(CCC(CCCC2CCCCC2)OC(=O)c2ccccc2)cc1NC(=O)CC1c2ccccc2Oc2ccccc21. The lowest BCUT2D eigenvalue weighted by molar-refractivity contribution is -0.116. The molecule has 4 aromatic rings. The zero-order chi connectivity index (χ0) is 34.2. The highest BCUT2D eigenvalue weighted by molar-refractivity contribution is 5.93. The van der Waals surface area contributed by atoms with Gasteiger partial charge in [0.25, 0.3) is 0 Å². The largest absolute Gasteiger partial charge is 0.459 e. The molecule has 5 nitrogen and oxygen atoms in total. The lowest BCUT2D eigenvalue weighted by Crippen LogP contribution is -2.22. The van der Waals surface area contributed by atoms with Crippen LogP contribution < -0.4 is 10.1 Å². The molecule has 5 heteroatoms. The first-order chi connectivity index (χ1) is 23.7. The van der Waals surface area contributed by atoms with Crippen molar-refractivity contribution in [1.29, 1.82) is 0 Å². The third kappa shape index (κ3) is 9.00. The van der Waals surface area contributed by atoms with Crippen LogP contribution >= 0.6 is 0 Å². The van der Waals surface area contributed by atoms with Crippen LogP contribution in [0.2, 0.25) is 0 Å². The predicted octanol–water partition coefficient (Wildman–Crippen LogP) is 11.2. The van der Waals surface area contributed by atoms with Crippen molar-refractivity contribution in [3.63, 3.8) is 0 Å². The third-order valence-corrected chi connectivity index (χ3v) is 10.3. The number of carbonyl (C=O) groups excluding carboxylic acids is 2. The molecule has 1 fully saturated rings. The van der Waals surface area contributed by atoms with E-state index in [1.165, 1.54) is 38.5 Å². The van der Waals surface area contributed by atoms with Crippen molar-refractivity contribution in [2.75, 3.05) is 5.32 Å². The van der Waals surface area contributed by atoms with Crippen LogP contribution in [-0.2, 0) is 21.4 Å². The number of nitrogens with one attached hydrogen (secondary N) is 1. The maximum Gasteiger partial charge on any atom is 0.338 e. The van der Waals surface area contributed by atoms with Gasteiger partial charge in [-0.15, -0.1) is 0 Å². The molecule has 1 aliphatic heterocycles. The second-order valence-corrected chi connectivity index (χ2v) is 15.0. The number of rotatable bonds is 12. The van der Waals surface area contributed by atoms with E-state index in [2.05, 4.69) is 56.4 Å². The molecule has 256 valence electrons. The maximum atomic E-state index is 13.9. The zero-order valence-corrected chi connectivity index (χ0v) is 29.4. The van der Waals surface area contributed by atoms with Crippen LogP contribution in [0.3, 0.4) is 0 Å². The van der Waals surface area contributed by atoms with Gasteiger partial charge >= 0.3 is 5.97 Å². The Morgan fingerprint density at radius 1 is 0.816 bits per heavy atom. The van der Waals surface area contributed by atoms with Crippen molar-refractivity contribution in [3.05, 3.63) is 125 Å². The van der Waals surface area contributed by atoms with Gasteiger partial charge < -0.3 is 14.8 Å². The molecule has 4 aromatic carbocycles. The fourth-order valence-corrected chi connectivity index (χ4v) is 7.61. The molecule has 0 spiro atoms. The van der Waals surface area contributed by atoms with E-state index in [4.69, 9.17) is 9.47 Å². The highest BCUT2D eigenvalue weighted by atomic mass is 16.5. The van der Waals surface area contributed by atoms with E-state index in [0.29, 0.717) is 12.0 Å². The lowest BCUT2D eigenvalue weighted by Gasteiger charge is -2.28. The molecular weight excluding hydrogens is 606 g/mol. The second kappa shape index (κ2) is 15.9. The van der Waals surface area contributed by atoms with Gasteiger partial charge in [0.05, 0.1) is 5.56 Å². The lowest BCUT2D eigenvalue weighted by atomic mass is 9.84. The second-order valence-electron chi connectivity index (χ2n) is 15.0. The number of amides is 1. The summed E-state index contributed by atoms with van der Waals surface area (Å²) in [5, 5.41) is 3.31. The molecule has 49 heavy (non-hydrogen) atoms. The summed E-state index contributed by atoms with van der Waals surface area (Å²) < 4.78 is 12.3. The minimum atomic E-state index is -0.254. The summed E-state index contributed by atoms with van der Waals surface area (Å²) in [7, 11) is 0. The van der Waals surface area contributed by atoms with Crippen LogP contribution in [0.15, 0.2) is 97.1 Å². The van der Waals surface area contributed by atoms with Gasteiger partial charge in [0.2, 0.25) is 5.91 Å². The van der Waals surface area contributed by atoms with Crippen molar-refractivity contribution in [3.8, 4) is 11.5 Å². The van der Waals surface area contributed by atoms with Gasteiger partial charge in [0.1, 0.15) is 17.6 Å². The van der Waals surface area contributed by atoms with Gasteiger partial charge in [-0.05, 0) is 78.5 Å². The summed E-state index contributed by atoms with van der Waals surface area (Å²) in [6.07, 6.45) is 11.5. The summed E-state index contributed by atoms with van der Waals surface area (Å²) >= 11 is 0. The van der Waals surface area contributed by atoms with Crippen LogP contribution in [0.5, 0.6) is 11.5 Å². The Balaban J connectivity index is 1.16. The summed E-state index contributed by atoms with van der Waals surface area (Å²) in [6, 6.07) is 31.7. The van der Waals surface area contributed by atoms with Gasteiger partial charge in [-0.2, -0.15) is 0 Å². The van der Waals surface area contributed by atoms with E-state index in [-0.39, 0.29) is 29.3 Å². The monoisotopic (exact) mass is 657 g/mol. The minimum Gasteiger partial charge on any atom is -0.459 e. The normalized spacial score (nSPS) is 15.4. The highest BCUT2D eigenvalue weighted by Gasteiger charge is 2.29. The number of hydrogen-bond acceptors (Lipinski definition) is 4. The molecule has 0 bridgehead atoms. The first-order valence-corrected chi connectivity index (χ1v) is 18.3. The van der Waals surface area contributed by atoms with Gasteiger partial charge in [0, 0.05) is 29.2 Å². The van der Waals surface area contributed by atoms with Gasteiger partial charge in [-0.1, -0.05) is 126 Å².